The molecule has 3 atom stereocenters. The van der Waals surface area contributed by atoms with Gasteiger partial charge in [0.1, 0.15) is 4.90 Å². The number of halogens is 1. The minimum absolute atomic E-state index is 0.0279. The van der Waals surface area contributed by atoms with Crippen LogP contribution in [0.4, 0.5) is 0 Å². The summed E-state index contributed by atoms with van der Waals surface area (Å²) in [4.78, 5) is 4.21. The highest BCUT2D eigenvalue weighted by molar-refractivity contribution is 9.10. The summed E-state index contributed by atoms with van der Waals surface area (Å²) in [5.41, 5.74) is 0. The lowest BCUT2D eigenvalue weighted by Crippen LogP contribution is -2.48. The van der Waals surface area contributed by atoms with Gasteiger partial charge in [-0.1, -0.05) is 13.8 Å². The van der Waals surface area contributed by atoms with E-state index in [0.717, 1.165) is 6.42 Å². The molecule has 0 spiro atoms. The van der Waals surface area contributed by atoms with Gasteiger partial charge in [-0.3, -0.25) is 4.98 Å². The Hall–Kier alpha value is -0.460. The fraction of sp³-hybridized carbons (Fsp3) is 0.615. The zero-order valence-corrected chi connectivity index (χ0v) is 13.8. The molecule has 0 saturated carbocycles. The van der Waals surface area contributed by atoms with E-state index in [9.17, 15) is 8.42 Å². The molecule has 1 aromatic rings. The zero-order valence-electron chi connectivity index (χ0n) is 11.4. The Morgan fingerprint density at radius 3 is 2.63 bits per heavy atom. The van der Waals surface area contributed by atoms with Crippen molar-refractivity contribution in [1.82, 2.24) is 9.29 Å². The lowest BCUT2D eigenvalue weighted by Gasteiger charge is -2.39. The van der Waals surface area contributed by atoms with Crippen LogP contribution in [0.2, 0.25) is 0 Å². The fourth-order valence-corrected chi connectivity index (χ4v) is 5.00. The third-order valence-corrected chi connectivity index (χ3v) is 6.18. The van der Waals surface area contributed by atoms with Gasteiger partial charge in [0.2, 0.25) is 10.0 Å². The summed E-state index contributed by atoms with van der Waals surface area (Å²) in [7, 11) is -3.46. The molecule has 2 heterocycles. The average molecular weight is 347 g/mol. The summed E-state index contributed by atoms with van der Waals surface area (Å²) in [6.07, 6.45) is 4.07. The molecule has 1 aliphatic rings. The van der Waals surface area contributed by atoms with Crippen LogP contribution < -0.4 is 0 Å². The summed E-state index contributed by atoms with van der Waals surface area (Å²) in [5, 5.41) is 0. The van der Waals surface area contributed by atoms with Gasteiger partial charge in [0.05, 0.1) is 0 Å². The third-order valence-electron chi connectivity index (χ3n) is 3.83. The molecule has 0 aliphatic carbocycles. The highest BCUT2D eigenvalue weighted by Gasteiger charge is 2.37. The van der Waals surface area contributed by atoms with Gasteiger partial charge in [0, 0.05) is 29.5 Å². The van der Waals surface area contributed by atoms with Crippen molar-refractivity contribution in [3.8, 4) is 0 Å². The van der Waals surface area contributed by atoms with Gasteiger partial charge in [0.15, 0.2) is 0 Å². The molecule has 2 rings (SSSR count). The maximum absolute atomic E-state index is 12.7. The van der Waals surface area contributed by atoms with Crippen molar-refractivity contribution < 1.29 is 8.42 Å². The van der Waals surface area contributed by atoms with Gasteiger partial charge in [0.25, 0.3) is 0 Å². The number of piperidine rings is 1. The molecule has 1 fully saturated rings. The molecule has 1 aliphatic heterocycles. The Balaban J connectivity index is 2.38. The second-order valence-corrected chi connectivity index (χ2v) is 8.28. The molecule has 3 unspecified atom stereocenters. The molecule has 0 amide bonds. The van der Waals surface area contributed by atoms with Crippen LogP contribution in [0, 0.1) is 11.8 Å². The molecular weight excluding hydrogens is 328 g/mol. The predicted molar refractivity (Wildman–Crippen MR) is 78.2 cm³/mol. The van der Waals surface area contributed by atoms with Crippen molar-refractivity contribution >= 4 is 26.0 Å². The van der Waals surface area contributed by atoms with E-state index in [0.29, 0.717) is 22.9 Å². The highest BCUT2D eigenvalue weighted by Crippen LogP contribution is 2.31. The van der Waals surface area contributed by atoms with Gasteiger partial charge in [-0.25, -0.2) is 8.42 Å². The van der Waals surface area contributed by atoms with Crippen LogP contribution in [0.3, 0.4) is 0 Å². The van der Waals surface area contributed by atoms with Crippen LogP contribution in [0.1, 0.15) is 27.2 Å². The van der Waals surface area contributed by atoms with Gasteiger partial charge < -0.3 is 0 Å². The first kappa shape index (κ1) is 14.9. The van der Waals surface area contributed by atoms with Gasteiger partial charge in [-0.05, 0) is 47.2 Å². The summed E-state index contributed by atoms with van der Waals surface area (Å²) in [5.74, 6) is 0.764. The second-order valence-electron chi connectivity index (χ2n) is 5.47. The quantitative estimate of drug-likeness (QED) is 0.827. The molecule has 106 valence electrons. The molecule has 0 N–H and O–H groups in total. The highest BCUT2D eigenvalue weighted by atomic mass is 79.9. The summed E-state index contributed by atoms with van der Waals surface area (Å²) >= 11 is 3.27. The van der Waals surface area contributed by atoms with Crippen LogP contribution in [0.25, 0.3) is 0 Å². The Kier molecular flexibility index (Phi) is 4.32. The van der Waals surface area contributed by atoms with Crippen molar-refractivity contribution in [3.63, 3.8) is 0 Å². The minimum Gasteiger partial charge on any atom is -0.262 e. The van der Waals surface area contributed by atoms with E-state index in [1.165, 1.54) is 6.20 Å². The Morgan fingerprint density at radius 1 is 1.32 bits per heavy atom. The van der Waals surface area contributed by atoms with Crippen LogP contribution in [0.15, 0.2) is 27.8 Å². The van der Waals surface area contributed by atoms with Crippen molar-refractivity contribution in [2.75, 3.05) is 6.54 Å². The largest absolute Gasteiger partial charge is 0.262 e. The van der Waals surface area contributed by atoms with E-state index >= 15 is 0 Å². The van der Waals surface area contributed by atoms with Gasteiger partial charge >= 0.3 is 0 Å². The second kappa shape index (κ2) is 5.50. The normalized spacial score (nSPS) is 29.4. The Morgan fingerprint density at radius 2 is 2.00 bits per heavy atom. The lowest BCUT2D eigenvalue weighted by molar-refractivity contribution is 0.157. The summed E-state index contributed by atoms with van der Waals surface area (Å²) in [6, 6.07) is 1.64. The number of nitrogens with zero attached hydrogens (tertiary/aromatic N) is 2. The standard InChI is InChI=1S/C13H19BrN2O2S/c1-9-4-10(2)11(3)16(8-9)19(17,18)13-5-12(14)6-15-7-13/h5-7,9-11H,4,8H2,1-3H3. The summed E-state index contributed by atoms with van der Waals surface area (Å²) < 4.78 is 27.7. The molecule has 0 bridgehead atoms. The van der Waals surface area contributed by atoms with E-state index in [-0.39, 0.29) is 10.9 Å². The molecule has 6 heteroatoms. The number of sulfonamides is 1. The van der Waals surface area contributed by atoms with Gasteiger partial charge in [-0.2, -0.15) is 4.31 Å². The molecular formula is C13H19BrN2O2S. The smallest absolute Gasteiger partial charge is 0.244 e. The van der Waals surface area contributed by atoms with Gasteiger partial charge in [-0.15, -0.1) is 0 Å². The SMILES string of the molecule is CC1CC(C)C(C)N(S(=O)(=O)c2cncc(Br)c2)C1. The predicted octanol–water partition coefficient (Wildman–Crippen LogP) is 2.90. The van der Waals surface area contributed by atoms with Crippen LogP contribution in [-0.4, -0.2) is 30.3 Å². The van der Waals surface area contributed by atoms with Crippen molar-refractivity contribution in [2.24, 2.45) is 11.8 Å². The monoisotopic (exact) mass is 346 g/mol. The first-order chi connectivity index (χ1) is 8.82. The van der Waals surface area contributed by atoms with Crippen LogP contribution >= 0.6 is 15.9 Å². The maximum atomic E-state index is 12.7. The Labute approximate surface area is 123 Å². The fourth-order valence-electron chi connectivity index (χ4n) is 2.65. The van der Waals surface area contributed by atoms with E-state index in [2.05, 4.69) is 34.8 Å². The molecule has 4 nitrogen and oxygen atoms in total. The molecule has 1 saturated heterocycles. The van der Waals surface area contributed by atoms with E-state index < -0.39 is 10.0 Å². The third kappa shape index (κ3) is 3.01. The first-order valence-corrected chi connectivity index (χ1v) is 8.68. The zero-order chi connectivity index (χ0) is 14.2. The number of hydrogen-bond acceptors (Lipinski definition) is 3. The number of rotatable bonds is 2. The lowest BCUT2D eigenvalue weighted by atomic mass is 9.88. The first-order valence-electron chi connectivity index (χ1n) is 6.44. The number of pyridine rings is 1. The van der Waals surface area contributed by atoms with E-state index in [4.69, 9.17) is 0 Å². The van der Waals surface area contributed by atoms with Crippen LogP contribution in [-0.2, 0) is 10.0 Å². The topological polar surface area (TPSA) is 50.3 Å². The average Bonchev–Trinajstić information content (AvgIpc) is 2.33. The molecule has 0 aromatic carbocycles. The molecule has 1 aromatic heterocycles. The minimum atomic E-state index is -3.46. The van der Waals surface area contributed by atoms with E-state index in [1.54, 1.807) is 16.6 Å². The summed E-state index contributed by atoms with van der Waals surface area (Å²) in [6.45, 7) is 6.78. The number of hydrogen-bond donors (Lipinski definition) is 0. The van der Waals surface area contributed by atoms with Crippen molar-refractivity contribution in [2.45, 2.75) is 38.1 Å². The molecule has 19 heavy (non-hydrogen) atoms. The number of aromatic nitrogens is 1. The maximum Gasteiger partial charge on any atom is 0.244 e. The van der Waals surface area contributed by atoms with Crippen molar-refractivity contribution in [1.29, 1.82) is 0 Å². The molecule has 0 radical (unpaired) electrons. The Bertz CT molecular complexity index is 562. The van der Waals surface area contributed by atoms with Crippen molar-refractivity contribution in [3.05, 3.63) is 22.9 Å². The van der Waals surface area contributed by atoms with E-state index in [1.807, 2.05) is 6.92 Å². The van der Waals surface area contributed by atoms with Crippen LogP contribution in [0.5, 0.6) is 0 Å².